The first-order valence-corrected chi connectivity index (χ1v) is 10.9. The van der Waals surface area contributed by atoms with Crippen LogP contribution in [-0.4, -0.2) is 20.9 Å². The molecule has 5 nitrogen and oxygen atoms in total. The molecule has 0 bridgehead atoms. The summed E-state index contributed by atoms with van der Waals surface area (Å²) in [6, 6.07) is 17.1. The molecular weight excluding hydrogens is 426 g/mol. The summed E-state index contributed by atoms with van der Waals surface area (Å²) >= 11 is 8.84. The van der Waals surface area contributed by atoms with Crippen LogP contribution < -0.4 is 9.91 Å². The molecule has 0 unspecified atom stereocenters. The molecule has 8 heteroatoms. The molecule has 0 amide bonds. The first-order chi connectivity index (χ1) is 13.8. The Labute approximate surface area is 182 Å². The van der Waals surface area contributed by atoms with E-state index < -0.39 is 4.33 Å². The van der Waals surface area contributed by atoms with Crippen molar-refractivity contribution in [1.82, 2.24) is 0 Å². The van der Waals surface area contributed by atoms with E-state index in [0.29, 0.717) is 15.0 Å². The summed E-state index contributed by atoms with van der Waals surface area (Å²) in [5, 5.41) is 7.46. The zero-order chi connectivity index (χ0) is 20.8. The second kappa shape index (κ2) is 7.55. The Kier molecular flexibility index (Phi) is 5.23. The van der Waals surface area contributed by atoms with Crippen LogP contribution in [0.25, 0.3) is 0 Å². The number of benzene rings is 2. The van der Waals surface area contributed by atoms with Gasteiger partial charge >= 0.3 is 0 Å². The number of thioether (sulfide) groups is 2. The number of carbonyl (C=O) groups excluding carboxylic acids is 2. The highest BCUT2D eigenvalue weighted by atomic mass is 35.5. The monoisotopic (exact) mass is 443 g/mol. The van der Waals surface area contributed by atoms with Crippen molar-refractivity contribution in [3.63, 3.8) is 0 Å². The van der Waals surface area contributed by atoms with Crippen LogP contribution in [0.2, 0.25) is 5.02 Å². The number of halogens is 1. The highest BCUT2D eigenvalue weighted by molar-refractivity contribution is 8.29. The Morgan fingerprint density at radius 2 is 1.59 bits per heavy atom. The molecule has 148 valence electrons. The molecule has 0 fully saturated rings. The molecule has 0 aliphatic carbocycles. The predicted octanol–water partition coefficient (Wildman–Crippen LogP) is 5.48. The molecule has 2 aliphatic heterocycles. The van der Waals surface area contributed by atoms with Gasteiger partial charge in [0.1, 0.15) is 0 Å². The molecule has 1 atom stereocenters. The van der Waals surface area contributed by atoms with Crippen LogP contribution in [0.3, 0.4) is 0 Å². The van der Waals surface area contributed by atoms with Crippen molar-refractivity contribution in [2.45, 2.75) is 25.1 Å². The van der Waals surface area contributed by atoms with Gasteiger partial charge in [0.05, 0.1) is 10.6 Å². The molecule has 2 heterocycles. The van der Waals surface area contributed by atoms with Gasteiger partial charge in [0.15, 0.2) is 16.6 Å². The minimum absolute atomic E-state index is 0.0155. The second-order valence-corrected chi connectivity index (χ2v) is 9.68. The number of anilines is 2. The number of hydrogen-bond acceptors (Lipinski definition) is 7. The molecule has 29 heavy (non-hydrogen) atoms. The molecule has 0 saturated heterocycles. The fourth-order valence-corrected chi connectivity index (χ4v) is 6.40. The Morgan fingerprint density at radius 3 is 2.17 bits per heavy atom. The van der Waals surface area contributed by atoms with E-state index in [9.17, 15) is 9.59 Å². The second-order valence-electron chi connectivity index (χ2n) is 6.64. The zero-order valence-electron chi connectivity index (χ0n) is 16.0. The number of rotatable bonds is 4. The van der Waals surface area contributed by atoms with Crippen molar-refractivity contribution >= 4 is 63.1 Å². The largest absolute Gasteiger partial charge is 0.301 e. The smallest absolute Gasteiger partial charge is 0.245 e. The Hall–Kier alpha value is -2.22. The molecule has 2 aliphatic rings. The third-order valence-electron chi connectivity index (χ3n) is 4.58. The first kappa shape index (κ1) is 20.1. The highest BCUT2D eigenvalue weighted by Crippen LogP contribution is 2.60. The van der Waals surface area contributed by atoms with E-state index in [-0.39, 0.29) is 11.6 Å². The van der Waals surface area contributed by atoms with Gasteiger partial charge in [0.2, 0.25) is 4.33 Å². The summed E-state index contributed by atoms with van der Waals surface area (Å²) < 4.78 is -0.860. The zero-order valence-corrected chi connectivity index (χ0v) is 18.4. The first-order valence-electron chi connectivity index (χ1n) is 8.94. The lowest BCUT2D eigenvalue weighted by molar-refractivity contribution is -0.113. The van der Waals surface area contributed by atoms with Crippen LogP contribution in [0.5, 0.6) is 0 Å². The normalized spacial score (nSPS) is 21.2. The number of allylic oxidation sites excluding steroid dienone is 2. The van der Waals surface area contributed by atoms with Crippen molar-refractivity contribution in [3.05, 3.63) is 70.2 Å². The summed E-state index contributed by atoms with van der Waals surface area (Å²) in [6.07, 6.45) is 0. The van der Waals surface area contributed by atoms with Crippen molar-refractivity contribution in [1.29, 1.82) is 0 Å². The maximum Gasteiger partial charge on any atom is 0.245 e. The number of para-hydroxylation sites is 1. The average molecular weight is 444 g/mol. The quantitative estimate of drug-likeness (QED) is 0.623. The SMILES string of the molecule is CC(=O)C1=NN(c2ccc(Cl)cc2)[C@@]2(S1)SC(C(C)=O)=C(C)N2c1ccccc1. The van der Waals surface area contributed by atoms with E-state index in [1.54, 1.807) is 19.1 Å². The molecule has 4 rings (SSSR count). The van der Waals surface area contributed by atoms with Crippen LogP contribution in [-0.2, 0) is 9.59 Å². The molecule has 0 N–H and O–H groups in total. The molecule has 0 saturated carbocycles. The van der Waals surface area contributed by atoms with E-state index in [4.69, 9.17) is 11.6 Å². The van der Waals surface area contributed by atoms with Crippen LogP contribution in [0, 0.1) is 0 Å². The Bertz CT molecular complexity index is 1050. The fraction of sp³-hybridized carbons (Fsp3) is 0.190. The van der Waals surface area contributed by atoms with Crippen molar-refractivity contribution in [2.24, 2.45) is 5.10 Å². The number of hydrogen-bond donors (Lipinski definition) is 0. The molecule has 0 aromatic heterocycles. The number of nitrogens with zero attached hydrogens (tertiary/aromatic N) is 3. The van der Waals surface area contributed by atoms with Gasteiger partial charge in [-0.2, -0.15) is 5.10 Å². The van der Waals surface area contributed by atoms with Crippen LogP contribution in [0.1, 0.15) is 20.8 Å². The van der Waals surface area contributed by atoms with Crippen LogP contribution in [0.15, 0.2) is 70.3 Å². The van der Waals surface area contributed by atoms with Gasteiger partial charge in [-0.05, 0) is 62.0 Å². The van der Waals surface area contributed by atoms with E-state index in [1.807, 2.05) is 54.4 Å². The number of Topliss-reactive ketones (excluding diaryl/α,β-unsaturated/α-hetero) is 2. The molecule has 2 aromatic rings. The summed E-state index contributed by atoms with van der Waals surface area (Å²) in [4.78, 5) is 27.4. The third kappa shape index (κ3) is 3.37. The number of ketones is 2. The topological polar surface area (TPSA) is 53.0 Å². The molecular formula is C21H18ClN3O2S2. The van der Waals surface area contributed by atoms with Crippen molar-refractivity contribution < 1.29 is 9.59 Å². The lowest BCUT2D eigenvalue weighted by Gasteiger charge is -2.41. The Balaban J connectivity index is 1.91. The predicted molar refractivity (Wildman–Crippen MR) is 122 cm³/mol. The van der Waals surface area contributed by atoms with Crippen LogP contribution >= 0.6 is 35.1 Å². The summed E-state index contributed by atoms with van der Waals surface area (Å²) in [6.45, 7) is 4.99. The third-order valence-corrected chi connectivity index (χ3v) is 7.92. The van der Waals surface area contributed by atoms with Gasteiger partial charge in [0, 0.05) is 23.3 Å². The van der Waals surface area contributed by atoms with Crippen molar-refractivity contribution in [3.8, 4) is 0 Å². The van der Waals surface area contributed by atoms with Crippen LogP contribution in [0.4, 0.5) is 11.4 Å². The lowest BCUT2D eigenvalue weighted by Crippen LogP contribution is -2.49. The summed E-state index contributed by atoms with van der Waals surface area (Å²) in [5.41, 5.74) is 2.53. The number of hydrazone groups is 1. The maximum atomic E-state index is 12.4. The van der Waals surface area contributed by atoms with Gasteiger partial charge in [-0.3, -0.25) is 9.59 Å². The maximum absolute atomic E-state index is 12.4. The summed E-state index contributed by atoms with van der Waals surface area (Å²) in [5.74, 6) is -0.133. The minimum Gasteiger partial charge on any atom is -0.301 e. The van der Waals surface area contributed by atoms with Gasteiger partial charge in [0.25, 0.3) is 0 Å². The average Bonchev–Trinajstić information content (AvgIpc) is 3.22. The fourth-order valence-electron chi connectivity index (χ4n) is 3.32. The van der Waals surface area contributed by atoms with Gasteiger partial charge < -0.3 is 4.90 Å². The molecule has 1 spiro atoms. The number of carbonyl (C=O) groups is 2. The van der Waals surface area contributed by atoms with Gasteiger partial charge in [-0.15, -0.1) is 0 Å². The Morgan fingerprint density at radius 1 is 0.931 bits per heavy atom. The van der Waals surface area contributed by atoms with E-state index in [2.05, 4.69) is 10.0 Å². The standard InChI is InChI=1S/C21H18ClN3O2S2/c1-13-19(14(2)26)28-21(24(13)17-7-5-4-6-8-17)25(23-20(29-21)15(3)27)18-11-9-16(22)10-12-18/h4-12H,1-3H3/t21-/m1/s1. The minimum atomic E-state index is -0.860. The van der Waals surface area contributed by atoms with Gasteiger partial charge in [-0.25, -0.2) is 5.01 Å². The van der Waals surface area contributed by atoms with Gasteiger partial charge in [-0.1, -0.05) is 41.6 Å². The highest BCUT2D eigenvalue weighted by Gasteiger charge is 2.57. The van der Waals surface area contributed by atoms with E-state index >= 15 is 0 Å². The van der Waals surface area contributed by atoms with E-state index in [1.165, 1.54) is 30.4 Å². The van der Waals surface area contributed by atoms with E-state index in [0.717, 1.165) is 17.1 Å². The molecule has 2 aromatic carbocycles. The summed E-state index contributed by atoms with van der Waals surface area (Å²) in [7, 11) is 0. The van der Waals surface area contributed by atoms with Crippen molar-refractivity contribution in [2.75, 3.05) is 9.91 Å². The lowest BCUT2D eigenvalue weighted by atomic mass is 10.2. The molecule has 0 radical (unpaired) electrons.